The quantitative estimate of drug-likeness (QED) is 0.529. The number of hydrogen-bond acceptors (Lipinski definition) is 4. The zero-order chi connectivity index (χ0) is 21.7. The average Bonchev–Trinajstić information content (AvgIpc) is 2.73. The maximum Gasteiger partial charge on any atom is 0.259 e. The number of carbonyl (C=O) groups is 1. The lowest BCUT2D eigenvalue weighted by Crippen LogP contribution is -2.22. The number of carbonyl (C=O) groups excluding carboxylic acids is 1. The predicted molar refractivity (Wildman–Crippen MR) is 120 cm³/mol. The number of halogens is 1. The predicted octanol–water partition coefficient (Wildman–Crippen LogP) is 4.53. The van der Waals surface area contributed by atoms with Crippen molar-refractivity contribution < 1.29 is 17.9 Å². The van der Waals surface area contributed by atoms with Gasteiger partial charge in [-0.15, -0.1) is 0 Å². The van der Waals surface area contributed by atoms with E-state index in [-0.39, 0.29) is 4.90 Å². The molecule has 0 aromatic heterocycles. The summed E-state index contributed by atoms with van der Waals surface area (Å²) >= 11 is 3.48. The SMILES string of the molecule is CN(C)S(=O)(=O)c1cccc(NC(=O)c2ccccc2OCc2ccccc2Br)c1. The minimum Gasteiger partial charge on any atom is -0.488 e. The first-order chi connectivity index (χ1) is 14.3. The number of para-hydroxylation sites is 1. The standard InChI is InChI=1S/C22H21BrN2O4S/c1-25(2)30(27,28)18-10-7-9-17(14-18)24-22(26)19-11-4-6-13-21(19)29-15-16-8-3-5-12-20(16)23/h3-14H,15H2,1-2H3,(H,24,26). The van der Waals surface area contributed by atoms with Gasteiger partial charge >= 0.3 is 0 Å². The summed E-state index contributed by atoms with van der Waals surface area (Å²) in [5.41, 5.74) is 1.68. The first-order valence-corrected chi connectivity index (χ1v) is 11.3. The Morgan fingerprint density at radius 2 is 1.70 bits per heavy atom. The van der Waals surface area contributed by atoms with Crippen molar-refractivity contribution >= 4 is 37.5 Å². The topological polar surface area (TPSA) is 75.7 Å². The van der Waals surface area contributed by atoms with Crippen molar-refractivity contribution in [3.63, 3.8) is 0 Å². The fourth-order valence-electron chi connectivity index (χ4n) is 2.69. The van der Waals surface area contributed by atoms with Crippen LogP contribution in [0.1, 0.15) is 15.9 Å². The molecule has 0 fully saturated rings. The third kappa shape index (κ3) is 5.08. The molecule has 0 aliphatic heterocycles. The largest absolute Gasteiger partial charge is 0.488 e. The molecule has 3 aromatic carbocycles. The van der Waals surface area contributed by atoms with Crippen molar-refractivity contribution in [2.45, 2.75) is 11.5 Å². The van der Waals surface area contributed by atoms with Gasteiger partial charge < -0.3 is 10.1 Å². The van der Waals surface area contributed by atoms with Crippen LogP contribution in [0.15, 0.2) is 82.2 Å². The molecule has 1 N–H and O–H groups in total. The van der Waals surface area contributed by atoms with Crippen LogP contribution in [0, 0.1) is 0 Å². The molecule has 0 radical (unpaired) electrons. The average molecular weight is 489 g/mol. The Bertz CT molecular complexity index is 1160. The van der Waals surface area contributed by atoms with Crippen LogP contribution in [-0.2, 0) is 16.6 Å². The first-order valence-electron chi connectivity index (χ1n) is 9.08. The summed E-state index contributed by atoms with van der Waals surface area (Å²) in [5, 5.41) is 2.75. The summed E-state index contributed by atoms with van der Waals surface area (Å²) in [5.74, 6) is 0.0416. The van der Waals surface area contributed by atoms with Crippen LogP contribution in [-0.4, -0.2) is 32.7 Å². The minimum atomic E-state index is -3.60. The fraction of sp³-hybridized carbons (Fsp3) is 0.136. The van der Waals surface area contributed by atoms with E-state index in [1.165, 1.54) is 26.2 Å². The molecule has 1 amide bonds. The van der Waals surface area contributed by atoms with E-state index in [4.69, 9.17) is 4.74 Å². The number of rotatable bonds is 7. The van der Waals surface area contributed by atoms with Gasteiger partial charge in [0.05, 0.1) is 10.5 Å². The van der Waals surface area contributed by atoms with Crippen molar-refractivity contribution in [3.05, 3.63) is 88.4 Å². The van der Waals surface area contributed by atoms with Gasteiger partial charge in [-0.3, -0.25) is 4.79 Å². The number of hydrogen-bond donors (Lipinski definition) is 1. The van der Waals surface area contributed by atoms with Crippen molar-refractivity contribution in [2.75, 3.05) is 19.4 Å². The van der Waals surface area contributed by atoms with Crippen LogP contribution in [0.3, 0.4) is 0 Å². The molecule has 0 atom stereocenters. The number of benzene rings is 3. The minimum absolute atomic E-state index is 0.101. The zero-order valence-electron chi connectivity index (χ0n) is 16.5. The highest BCUT2D eigenvalue weighted by molar-refractivity contribution is 9.10. The third-order valence-electron chi connectivity index (χ3n) is 4.34. The summed E-state index contributed by atoms with van der Waals surface area (Å²) in [6.07, 6.45) is 0. The van der Waals surface area contributed by atoms with E-state index in [1.807, 2.05) is 24.3 Å². The van der Waals surface area contributed by atoms with Crippen molar-refractivity contribution in [1.82, 2.24) is 4.31 Å². The van der Waals surface area contributed by atoms with Crippen LogP contribution >= 0.6 is 15.9 Å². The van der Waals surface area contributed by atoms with Crippen LogP contribution in [0.5, 0.6) is 5.75 Å². The number of nitrogens with one attached hydrogen (secondary N) is 1. The molecule has 0 heterocycles. The number of sulfonamides is 1. The Morgan fingerprint density at radius 1 is 1.00 bits per heavy atom. The van der Waals surface area contributed by atoms with Crippen molar-refractivity contribution in [2.24, 2.45) is 0 Å². The Morgan fingerprint density at radius 3 is 2.43 bits per heavy atom. The molecular formula is C22H21BrN2O4S. The van der Waals surface area contributed by atoms with Gasteiger partial charge in [-0.05, 0) is 36.4 Å². The van der Waals surface area contributed by atoms with E-state index in [1.54, 1.807) is 36.4 Å². The summed E-state index contributed by atoms with van der Waals surface area (Å²) in [7, 11) is -0.683. The molecule has 0 bridgehead atoms. The van der Waals surface area contributed by atoms with Gasteiger partial charge in [-0.1, -0.05) is 52.3 Å². The van der Waals surface area contributed by atoms with E-state index >= 15 is 0 Å². The van der Waals surface area contributed by atoms with E-state index in [9.17, 15) is 13.2 Å². The normalized spacial score (nSPS) is 11.3. The molecule has 156 valence electrons. The highest BCUT2D eigenvalue weighted by Gasteiger charge is 2.18. The molecule has 6 nitrogen and oxygen atoms in total. The molecule has 0 saturated heterocycles. The fourth-order valence-corrected chi connectivity index (χ4v) is 4.04. The van der Waals surface area contributed by atoms with Gasteiger partial charge in [0.25, 0.3) is 5.91 Å². The summed E-state index contributed by atoms with van der Waals surface area (Å²) < 4.78 is 32.6. The second-order valence-electron chi connectivity index (χ2n) is 6.65. The lowest BCUT2D eigenvalue weighted by molar-refractivity contribution is 0.102. The van der Waals surface area contributed by atoms with Crippen molar-refractivity contribution in [3.8, 4) is 5.75 Å². The summed E-state index contributed by atoms with van der Waals surface area (Å²) in [6, 6.07) is 20.7. The highest BCUT2D eigenvalue weighted by Crippen LogP contribution is 2.24. The van der Waals surface area contributed by atoms with Gasteiger partial charge in [-0.25, -0.2) is 12.7 Å². The Labute approximate surface area is 184 Å². The van der Waals surface area contributed by atoms with Gasteiger partial charge in [-0.2, -0.15) is 0 Å². The molecule has 0 saturated carbocycles. The second kappa shape index (κ2) is 9.42. The molecular weight excluding hydrogens is 468 g/mol. The monoisotopic (exact) mass is 488 g/mol. The maximum absolute atomic E-state index is 12.8. The molecule has 0 aliphatic rings. The van der Waals surface area contributed by atoms with E-state index in [0.29, 0.717) is 23.6 Å². The van der Waals surface area contributed by atoms with Crippen LogP contribution < -0.4 is 10.1 Å². The first kappa shape index (κ1) is 22.0. The van der Waals surface area contributed by atoms with Crippen LogP contribution in [0.2, 0.25) is 0 Å². The maximum atomic E-state index is 12.8. The number of nitrogens with zero attached hydrogens (tertiary/aromatic N) is 1. The lowest BCUT2D eigenvalue weighted by Gasteiger charge is -2.14. The van der Waals surface area contributed by atoms with Gasteiger partial charge in [0.15, 0.2) is 0 Å². The Hall–Kier alpha value is -2.68. The Kier molecular flexibility index (Phi) is 6.91. The van der Waals surface area contributed by atoms with E-state index in [0.717, 1.165) is 14.3 Å². The number of amides is 1. The molecule has 3 rings (SSSR count). The van der Waals surface area contributed by atoms with Crippen molar-refractivity contribution in [1.29, 1.82) is 0 Å². The zero-order valence-corrected chi connectivity index (χ0v) is 18.9. The third-order valence-corrected chi connectivity index (χ3v) is 6.93. The molecule has 3 aromatic rings. The van der Waals surface area contributed by atoms with E-state index in [2.05, 4.69) is 21.2 Å². The molecule has 30 heavy (non-hydrogen) atoms. The Balaban J connectivity index is 1.79. The molecule has 0 spiro atoms. The smallest absolute Gasteiger partial charge is 0.259 e. The van der Waals surface area contributed by atoms with Gasteiger partial charge in [0.2, 0.25) is 10.0 Å². The number of anilines is 1. The molecule has 8 heteroatoms. The van der Waals surface area contributed by atoms with Crippen LogP contribution in [0.4, 0.5) is 5.69 Å². The summed E-state index contributed by atoms with van der Waals surface area (Å²) in [6.45, 7) is 0.294. The molecule has 0 aliphatic carbocycles. The van der Waals surface area contributed by atoms with Gasteiger partial charge in [0.1, 0.15) is 12.4 Å². The lowest BCUT2D eigenvalue weighted by atomic mass is 10.1. The summed E-state index contributed by atoms with van der Waals surface area (Å²) in [4.78, 5) is 12.9. The molecule has 0 unspecified atom stereocenters. The van der Waals surface area contributed by atoms with Gasteiger partial charge in [0, 0.05) is 29.8 Å². The highest BCUT2D eigenvalue weighted by atomic mass is 79.9. The van der Waals surface area contributed by atoms with E-state index < -0.39 is 15.9 Å². The second-order valence-corrected chi connectivity index (χ2v) is 9.65. The van der Waals surface area contributed by atoms with Crippen LogP contribution in [0.25, 0.3) is 0 Å². The number of ether oxygens (including phenoxy) is 1.